The highest BCUT2D eigenvalue weighted by molar-refractivity contribution is 9.10. The number of aliphatic hydroxyl groups excluding tert-OH is 1. The first-order chi connectivity index (χ1) is 9.86. The van der Waals surface area contributed by atoms with Crippen LogP contribution in [-0.4, -0.2) is 22.6 Å². The Bertz CT molecular complexity index is 756. The Kier molecular flexibility index (Phi) is 3.55. The van der Waals surface area contributed by atoms with Crippen molar-refractivity contribution in [1.29, 1.82) is 0 Å². The largest absolute Gasteiger partial charge is 0.396 e. The van der Waals surface area contributed by atoms with Gasteiger partial charge in [0.05, 0.1) is 16.1 Å². The van der Waals surface area contributed by atoms with Crippen LogP contribution in [0.4, 0.5) is 0 Å². The molecule has 1 unspecified atom stereocenters. The number of aromatic nitrogens is 1. The van der Waals surface area contributed by atoms with Crippen molar-refractivity contribution in [2.45, 2.75) is 26.2 Å². The second-order valence-electron chi connectivity index (χ2n) is 6.06. The number of H-pyrrole nitrogens is 1. The van der Waals surface area contributed by atoms with Gasteiger partial charge in [0.1, 0.15) is 0 Å². The van der Waals surface area contributed by atoms with Crippen molar-refractivity contribution in [1.82, 2.24) is 4.98 Å². The molecule has 112 valence electrons. The molecule has 1 aromatic carbocycles. The highest BCUT2D eigenvalue weighted by Gasteiger charge is 2.32. The van der Waals surface area contributed by atoms with Crippen LogP contribution >= 0.6 is 27.5 Å². The van der Waals surface area contributed by atoms with Gasteiger partial charge in [-0.15, -0.1) is 0 Å². The third-order valence-corrected chi connectivity index (χ3v) is 5.74. The van der Waals surface area contributed by atoms with E-state index in [2.05, 4.69) is 27.8 Å². The molecular formula is C15H16BrClN2O2. The van der Waals surface area contributed by atoms with Crippen LogP contribution in [-0.2, 0) is 12.8 Å². The second kappa shape index (κ2) is 5.00. The number of aryl methyl sites for hydroxylation is 1. The molecule has 1 aliphatic rings. The van der Waals surface area contributed by atoms with Crippen molar-refractivity contribution < 1.29 is 9.90 Å². The monoisotopic (exact) mass is 370 g/mol. The summed E-state index contributed by atoms with van der Waals surface area (Å²) in [7, 11) is 0. The number of hydrogen-bond acceptors (Lipinski definition) is 2. The van der Waals surface area contributed by atoms with Gasteiger partial charge in [-0.1, -0.05) is 18.5 Å². The van der Waals surface area contributed by atoms with E-state index < -0.39 is 5.91 Å². The third-order valence-electron chi connectivity index (χ3n) is 4.39. The molecule has 0 aliphatic heterocycles. The maximum absolute atomic E-state index is 11.7. The number of primary amides is 1. The van der Waals surface area contributed by atoms with Gasteiger partial charge in [0.2, 0.25) is 0 Å². The number of aliphatic hydroxyl groups is 1. The molecule has 1 aliphatic carbocycles. The average molecular weight is 372 g/mol. The average Bonchev–Trinajstić information content (AvgIpc) is 2.80. The van der Waals surface area contributed by atoms with Gasteiger partial charge in [-0.05, 0) is 52.2 Å². The van der Waals surface area contributed by atoms with Gasteiger partial charge in [-0.25, -0.2) is 0 Å². The zero-order chi connectivity index (χ0) is 15.4. The Morgan fingerprint density at radius 3 is 2.95 bits per heavy atom. The lowest BCUT2D eigenvalue weighted by Gasteiger charge is -2.31. The van der Waals surface area contributed by atoms with Crippen molar-refractivity contribution in [3.05, 3.63) is 32.4 Å². The fourth-order valence-electron chi connectivity index (χ4n) is 3.11. The minimum atomic E-state index is -0.502. The van der Waals surface area contributed by atoms with E-state index in [9.17, 15) is 9.90 Å². The first-order valence-electron chi connectivity index (χ1n) is 6.78. The molecule has 1 aromatic heterocycles. The summed E-state index contributed by atoms with van der Waals surface area (Å²) in [6.07, 6.45) is 2.48. The van der Waals surface area contributed by atoms with Crippen LogP contribution < -0.4 is 5.73 Å². The molecule has 6 heteroatoms. The highest BCUT2D eigenvalue weighted by atomic mass is 79.9. The van der Waals surface area contributed by atoms with Crippen LogP contribution in [0.3, 0.4) is 0 Å². The van der Waals surface area contributed by atoms with E-state index >= 15 is 0 Å². The molecule has 2 aromatic rings. The third kappa shape index (κ3) is 2.28. The lowest BCUT2D eigenvalue weighted by Crippen LogP contribution is -2.29. The number of benzene rings is 1. The van der Waals surface area contributed by atoms with E-state index in [1.54, 1.807) is 6.07 Å². The Morgan fingerprint density at radius 1 is 1.62 bits per heavy atom. The first kappa shape index (κ1) is 14.9. The number of fused-ring (bicyclic) bond motifs is 3. The molecule has 21 heavy (non-hydrogen) atoms. The fraction of sp³-hybridized carbons (Fsp3) is 0.400. The van der Waals surface area contributed by atoms with E-state index in [4.69, 9.17) is 17.3 Å². The van der Waals surface area contributed by atoms with Crippen LogP contribution in [0, 0.1) is 5.41 Å². The minimum Gasteiger partial charge on any atom is -0.396 e. The van der Waals surface area contributed by atoms with Gasteiger partial charge >= 0.3 is 0 Å². The highest BCUT2D eigenvalue weighted by Crippen LogP contribution is 2.43. The summed E-state index contributed by atoms with van der Waals surface area (Å²) in [4.78, 5) is 15.0. The van der Waals surface area contributed by atoms with Gasteiger partial charge in [0, 0.05) is 22.2 Å². The first-order valence-corrected chi connectivity index (χ1v) is 7.95. The molecule has 4 nitrogen and oxygen atoms in total. The van der Waals surface area contributed by atoms with Crippen LogP contribution in [0.2, 0.25) is 5.02 Å². The number of nitrogens with two attached hydrogens (primary N) is 1. The summed E-state index contributed by atoms with van der Waals surface area (Å²) in [6.45, 7) is 2.21. The van der Waals surface area contributed by atoms with Crippen molar-refractivity contribution >= 4 is 44.3 Å². The molecule has 1 atom stereocenters. The lowest BCUT2D eigenvalue weighted by molar-refractivity contribution is 0.100. The Hall–Kier alpha value is -1.04. The van der Waals surface area contributed by atoms with Crippen molar-refractivity contribution in [3.8, 4) is 0 Å². The maximum Gasteiger partial charge on any atom is 0.250 e. The molecule has 0 bridgehead atoms. The van der Waals surface area contributed by atoms with Crippen LogP contribution in [0.15, 0.2) is 10.5 Å². The number of carbonyl (C=O) groups is 1. The number of rotatable bonds is 2. The SMILES string of the molecule is CC1(CO)CCc2c([nH]c3c(C(N)=O)cc(Cl)c(Br)c23)C1. The smallest absolute Gasteiger partial charge is 0.250 e. The van der Waals surface area contributed by atoms with Crippen LogP contribution in [0.25, 0.3) is 10.9 Å². The van der Waals surface area contributed by atoms with Gasteiger partial charge in [-0.2, -0.15) is 0 Å². The summed E-state index contributed by atoms with van der Waals surface area (Å²) in [6, 6.07) is 1.59. The van der Waals surface area contributed by atoms with Crippen molar-refractivity contribution in [2.75, 3.05) is 6.61 Å². The van der Waals surface area contributed by atoms with Crippen molar-refractivity contribution in [2.24, 2.45) is 11.1 Å². The molecule has 4 N–H and O–H groups in total. The summed E-state index contributed by atoms with van der Waals surface area (Å²) in [5, 5.41) is 11.0. The normalized spacial score (nSPS) is 21.5. The number of nitrogens with one attached hydrogen (secondary N) is 1. The predicted octanol–water partition coefficient (Wildman–Crippen LogP) is 3.17. The van der Waals surface area contributed by atoms with E-state index in [1.807, 2.05) is 0 Å². The number of halogens is 2. The summed E-state index contributed by atoms with van der Waals surface area (Å²) in [5.41, 5.74) is 8.68. The molecule has 1 heterocycles. The lowest BCUT2D eigenvalue weighted by atomic mass is 9.75. The molecule has 0 saturated carbocycles. The minimum absolute atomic E-state index is 0.128. The molecule has 0 saturated heterocycles. The van der Waals surface area contributed by atoms with E-state index in [1.165, 1.54) is 0 Å². The maximum atomic E-state index is 11.7. The number of aromatic amines is 1. The van der Waals surface area contributed by atoms with Crippen molar-refractivity contribution in [3.63, 3.8) is 0 Å². The Balaban J connectivity index is 2.29. The standard InChI is InChI=1S/C15H16BrClN2O2/c1-15(6-20)3-2-7-10(5-15)19-13-8(14(18)21)4-9(17)12(16)11(7)13/h4,19-20H,2-3,5-6H2,1H3,(H2,18,21). The summed E-state index contributed by atoms with van der Waals surface area (Å²) in [5.74, 6) is -0.502. The number of hydrogen-bond donors (Lipinski definition) is 3. The van der Waals surface area contributed by atoms with Gasteiger partial charge in [0.25, 0.3) is 5.91 Å². The molecule has 1 amide bonds. The van der Waals surface area contributed by atoms with E-state index in [-0.39, 0.29) is 12.0 Å². The number of carbonyl (C=O) groups excluding carboxylic acids is 1. The number of amides is 1. The van der Waals surface area contributed by atoms with Gasteiger partial charge in [0.15, 0.2) is 0 Å². The van der Waals surface area contributed by atoms with Crippen LogP contribution in [0.1, 0.15) is 35.0 Å². The summed E-state index contributed by atoms with van der Waals surface area (Å²) >= 11 is 9.73. The topological polar surface area (TPSA) is 79.1 Å². The molecule has 0 radical (unpaired) electrons. The second-order valence-corrected chi connectivity index (χ2v) is 7.26. The van der Waals surface area contributed by atoms with Gasteiger partial charge in [-0.3, -0.25) is 4.79 Å². The zero-order valence-corrected chi connectivity index (χ0v) is 13.9. The van der Waals surface area contributed by atoms with Crippen LogP contribution in [0.5, 0.6) is 0 Å². The molecule has 3 rings (SSSR count). The van der Waals surface area contributed by atoms with E-state index in [0.29, 0.717) is 10.6 Å². The molecule has 0 fully saturated rings. The Labute approximate surface area is 135 Å². The van der Waals surface area contributed by atoms with E-state index in [0.717, 1.165) is 45.9 Å². The summed E-state index contributed by atoms with van der Waals surface area (Å²) < 4.78 is 0.786. The predicted molar refractivity (Wildman–Crippen MR) is 86.7 cm³/mol. The van der Waals surface area contributed by atoms with Gasteiger partial charge < -0.3 is 15.8 Å². The fourth-order valence-corrected chi connectivity index (χ4v) is 3.87. The Morgan fingerprint density at radius 2 is 2.33 bits per heavy atom. The molecule has 0 spiro atoms. The quantitative estimate of drug-likeness (QED) is 0.758. The molecular weight excluding hydrogens is 356 g/mol. The zero-order valence-electron chi connectivity index (χ0n) is 11.6.